The van der Waals surface area contributed by atoms with Gasteiger partial charge < -0.3 is 15.5 Å². The molecule has 2 aliphatic heterocycles. The maximum Gasteiger partial charge on any atom is 0.265 e. The van der Waals surface area contributed by atoms with Crippen LogP contribution in [0.5, 0.6) is 0 Å². The van der Waals surface area contributed by atoms with Crippen LogP contribution in [0.3, 0.4) is 0 Å². The second-order valence-corrected chi connectivity index (χ2v) is 13.0. The summed E-state index contributed by atoms with van der Waals surface area (Å²) < 4.78 is 1.91. The summed E-state index contributed by atoms with van der Waals surface area (Å²) in [7, 11) is 0. The number of halogens is 1. The van der Waals surface area contributed by atoms with E-state index in [1.54, 1.807) is 0 Å². The average Bonchev–Trinajstić information content (AvgIpc) is 3.56. The highest BCUT2D eigenvalue weighted by atomic mass is 35.5. The van der Waals surface area contributed by atoms with Gasteiger partial charge in [-0.05, 0) is 80.4 Å². The molecule has 0 radical (unpaired) electrons. The van der Waals surface area contributed by atoms with E-state index in [4.69, 9.17) is 16.6 Å². The molecule has 7 nitrogen and oxygen atoms in total. The lowest BCUT2D eigenvalue weighted by Gasteiger charge is -2.31. The Balaban J connectivity index is 1.60. The maximum atomic E-state index is 14.9. The Bertz CT molecular complexity index is 1660. The van der Waals surface area contributed by atoms with Crippen molar-refractivity contribution in [2.45, 2.75) is 46.0 Å². The summed E-state index contributed by atoms with van der Waals surface area (Å²) in [6.45, 7) is 8.97. The van der Waals surface area contributed by atoms with E-state index in [-0.39, 0.29) is 11.5 Å². The van der Waals surface area contributed by atoms with E-state index in [1.165, 1.54) is 11.3 Å². The molecule has 0 saturated carbocycles. The predicted octanol–water partition coefficient (Wildman–Crippen LogP) is 5.99. The van der Waals surface area contributed by atoms with Crippen LogP contribution in [0.2, 0.25) is 5.02 Å². The summed E-state index contributed by atoms with van der Waals surface area (Å²) in [5.41, 5.74) is 6.67. The number of piperidine rings is 1. The van der Waals surface area contributed by atoms with Gasteiger partial charge in [0.1, 0.15) is 5.01 Å². The number of aromatic nitrogens is 2. The summed E-state index contributed by atoms with van der Waals surface area (Å²) in [5.74, 6) is 0.379. The largest absolute Gasteiger partial charge is 0.336 e. The zero-order chi connectivity index (χ0) is 30.6. The highest BCUT2D eigenvalue weighted by Gasteiger charge is 2.30. The minimum Gasteiger partial charge on any atom is -0.336 e. The van der Waals surface area contributed by atoms with E-state index < -0.39 is 0 Å². The lowest BCUT2D eigenvalue weighted by atomic mass is 9.90. The smallest absolute Gasteiger partial charge is 0.265 e. The van der Waals surface area contributed by atoms with Crippen molar-refractivity contribution in [1.82, 2.24) is 25.1 Å². The van der Waals surface area contributed by atoms with Gasteiger partial charge in [-0.2, -0.15) is 0 Å². The standard InChI is InChI=1S/C35H40ClN5O2S/c1-3-24-6-5-7-25(4-2)32(24)41-31(20-23-12-14-37-15-13-23)28(34(42)40-18-16-38-17-19-40)21-29(35(41)43)33-39-30(22-44-33)26-8-10-27(36)11-9-26/h5-11,21-23,37-38H,3-4,12-20H2,1-2H3. The summed E-state index contributed by atoms with van der Waals surface area (Å²) in [6.07, 6.45) is 4.28. The SMILES string of the molecule is CCc1cccc(CC)c1-n1c(CC2CCNCC2)c(C(=O)N2CCNCC2)cc(-c2nc(-c3ccc(Cl)cc3)cs2)c1=O. The molecule has 2 aliphatic rings. The lowest BCUT2D eigenvalue weighted by Crippen LogP contribution is -2.47. The monoisotopic (exact) mass is 629 g/mol. The highest BCUT2D eigenvalue weighted by Crippen LogP contribution is 2.33. The van der Waals surface area contributed by atoms with Crippen molar-refractivity contribution < 1.29 is 4.79 Å². The molecule has 0 atom stereocenters. The van der Waals surface area contributed by atoms with E-state index in [2.05, 4.69) is 42.7 Å². The molecule has 0 unspecified atom stereocenters. The van der Waals surface area contributed by atoms with Gasteiger partial charge in [0.2, 0.25) is 0 Å². The van der Waals surface area contributed by atoms with Gasteiger partial charge in [0.05, 0.1) is 22.5 Å². The number of thiazole rings is 1. The Morgan fingerprint density at radius 2 is 1.64 bits per heavy atom. The quantitative estimate of drug-likeness (QED) is 0.250. The zero-order valence-corrected chi connectivity index (χ0v) is 27.1. The molecule has 2 saturated heterocycles. The fraction of sp³-hybridized carbons (Fsp3) is 0.400. The van der Waals surface area contributed by atoms with Crippen molar-refractivity contribution >= 4 is 28.8 Å². The molecule has 2 fully saturated rings. The number of carbonyl (C=O) groups excluding carboxylic acids is 1. The van der Waals surface area contributed by atoms with E-state index >= 15 is 0 Å². The number of pyridine rings is 1. The van der Waals surface area contributed by atoms with Crippen LogP contribution in [0, 0.1) is 5.92 Å². The third kappa shape index (κ3) is 6.26. The van der Waals surface area contributed by atoms with Crippen molar-refractivity contribution in [2.24, 2.45) is 5.92 Å². The molecule has 0 aliphatic carbocycles. The first-order valence-corrected chi connectivity index (χ1v) is 17.1. The van der Waals surface area contributed by atoms with Crippen LogP contribution in [-0.4, -0.2) is 59.6 Å². The van der Waals surface area contributed by atoms with Gasteiger partial charge in [-0.25, -0.2) is 4.98 Å². The first-order chi connectivity index (χ1) is 21.5. The van der Waals surface area contributed by atoms with Crippen molar-refractivity contribution in [3.05, 3.63) is 91.7 Å². The molecule has 4 heterocycles. The lowest BCUT2D eigenvalue weighted by molar-refractivity contribution is 0.0733. The van der Waals surface area contributed by atoms with Crippen LogP contribution in [0.25, 0.3) is 27.5 Å². The van der Waals surface area contributed by atoms with Gasteiger partial charge in [-0.1, -0.05) is 55.8 Å². The zero-order valence-electron chi connectivity index (χ0n) is 25.5. The molecule has 44 heavy (non-hydrogen) atoms. The van der Waals surface area contributed by atoms with Crippen molar-refractivity contribution in [3.63, 3.8) is 0 Å². The number of rotatable bonds is 8. The Labute approximate surface area is 268 Å². The van der Waals surface area contributed by atoms with Gasteiger partial charge in [-0.15, -0.1) is 11.3 Å². The number of benzene rings is 2. The number of carbonyl (C=O) groups is 1. The number of nitrogens with zero attached hydrogens (tertiary/aromatic N) is 3. The Hall–Kier alpha value is -3.30. The number of nitrogens with one attached hydrogen (secondary N) is 2. The predicted molar refractivity (Wildman–Crippen MR) is 180 cm³/mol. The fourth-order valence-electron chi connectivity index (χ4n) is 6.48. The van der Waals surface area contributed by atoms with E-state index in [0.717, 1.165) is 85.6 Å². The Kier molecular flexibility index (Phi) is 9.62. The highest BCUT2D eigenvalue weighted by molar-refractivity contribution is 7.13. The number of piperazine rings is 1. The van der Waals surface area contributed by atoms with E-state index in [1.807, 2.05) is 45.2 Å². The van der Waals surface area contributed by atoms with Crippen LogP contribution in [-0.2, 0) is 19.3 Å². The minimum atomic E-state index is -0.113. The molecule has 230 valence electrons. The average molecular weight is 630 g/mol. The molecule has 0 bridgehead atoms. The van der Waals surface area contributed by atoms with Gasteiger partial charge in [0.15, 0.2) is 0 Å². The second-order valence-electron chi connectivity index (χ2n) is 11.7. The fourth-order valence-corrected chi connectivity index (χ4v) is 7.44. The van der Waals surface area contributed by atoms with Crippen LogP contribution in [0.1, 0.15) is 53.9 Å². The maximum absolute atomic E-state index is 14.9. The van der Waals surface area contributed by atoms with Crippen molar-refractivity contribution in [2.75, 3.05) is 39.3 Å². The normalized spacial score (nSPS) is 15.9. The topological polar surface area (TPSA) is 79.3 Å². The molecule has 6 rings (SSSR count). The molecule has 1 amide bonds. The van der Waals surface area contributed by atoms with E-state index in [0.29, 0.717) is 46.6 Å². The van der Waals surface area contributed by atoms with Gasteiger partial charge in [0.25, 0.3) is 11.5 Å². The molecule has 0 spiro atoms. The number of aryl methyl sites for hydroxylation is 2. The Morgan fingerprint density at radius 1 is 0.977 bits per heavy atom. The number of para-hydroxylation sites is 1. The summed E-state index contributed by atoms with van der Waals surface area (Å²) in [5, 5.41) is 10.1. The summed E-state index contributed by atoms with van der Waals surface area (Å²) in [4.78, 5) is 36.2. The molecular formula is C35H40ClN5O2S. The van der Waals surface area contributed by atoms with Gasteiger partial charge in [0, 0.05) is 47.8 Å². The van der Waals surface area contributed by atoms with Gasteiger partial charge >= 0.3 is 0 Å². The molecule has 2 aromatic heterocycles. The van der Waals surface area contributed by atoms with Crippen molar-refractivity contribution in [3.8, 4) is 27.5 Å². The molecule has 2 N–H and O–H groups in total. The van der Waals surface area contributed by atoms with Gasteiger partial charge in [-0.3, -0.25) is 14.2 Å². The molecule has 2 aromatic carbocycles. The van der Waals surface area contributed by atoms with Crippen LogP contribution in [0.4, 0.5) is 0 Å². The Morgan fingerprint density at radius 3 is 2.30 bits per heavy atom. The van der Waals surface area contributed by atoms with Crippen molar-refractivity contribution in [1.29, 1.82) is 0 Å². The second kappa shape index (κ2) is 13.8. The molecular weight excluding hydrogens is 590 g/mol. The summed E-state index contributed by atoms with van der Waals surface area (Å²) in [6, 6.07) is 15.7. The van der Waals surface area contributed by atoms with E-state index in [9.17, 15) is 9.59 Å². The molecule has 4 aromatic rings. The number of amides is 1. The number of hydrogen-bond donors (Lipinski definition) is 2. The third-order valence-corrected chi connectivity index (χ3v) is 10.1. The summed E-state index contributed by atoms with van der Waals surface area (Å²) >= 11 is 7.57. The first-order valence-electron chi connectivity index (χ1n) is 15.8. The minimum absolute atomic E-state index is 0.00746. The first kappa shape index (κ1) is 30.7. The van der Waals surface area contributed by atoms with Crippen LogP contribution in [0.15, 0.2) is 58.7 Å². The third-order valence-electron chi connectivity index (χ3n) is 8.94. The van der Waals surface area contributed by atoms with Crippen LogP contribution < -0.4 is 16.2 Å². The molecule has 9 heteroatoms. The van der Waals surface area contributed by atoms with Crippen LogP contribution >= 0.6 is 22.9 Å². The number of hydrogen-bond acceptors (Lipinski definition) is 6.